The second-order valence-corrected chi connectivity index (χ2v) is 5.80. The van der Waals surface area contributed by atoms with Crippen molar-refractivity contribution in [3.63, 3.8) is 0 Å². The molecule has 2 aliphatic rings. The number of hydrogen-bond donors (Lipinski definition) is 2. The molecule has 1 amide bonds. The largest absolute Gasteiger partial charge is 0.356 e. The van der Waals surface area contributed by atoms with Crippen LogP contribution in [0.2, 0.25) is 0 Å². The van der Waals surface area contributed by atoms with Gasteiger partial charge >= 0.3 is 0 Å². The summed E-state index contributed by atoms with van der Waals surface area (Å²) < 4.78 is 0. The van der Waals surface area contributed by atoms with Crippen molar-refractivity contribution in [2.75, 3.05) is 6.54 Å². The molecule has 0 spiro atoms. The standard InChI is InChI=1S/C15H26N2O/c16-14-10-6-2-5-9-13(14)15(18)17-11-12-7-3-1-4-8-12/h1,3,12-14H,2,4-11,16H2,(H,17,18). The van der Waals surface area contributed by atoms with Crippen molar-refractivity contribution in [3.05, 3.63) is 12.2 Å². The Morgan fingerprint density at radius 1 is 1.17 bits per heavy atom. The Hall–Kier alpha value is -0.830. The highest BCUT2D eigenvalue weighted by Crippen LogP contribution is 2.23. The lowest BCUT2D eigenvalue weighted by Gasteiger charge is -2.23. The van der Waals surface area contributed by atoms with Gasteiger partial charge in [-0.3, -0.25) is 4.79 Å². The summed E-state index contributed by atoms with van der Waals surface area (Å²) in [5, 5.41) is 3.13. The van der Waals surface area contributed by atoms with Crippen molar-refractivity contribution in [1.82, 2.24) is 5.32 Å². The van der Waals surface area contributed by atoms with E-state index in [1.165, 1.54) is 19.3 Å². The maximum atomic E-state index is 12.2. The number of nitrogens with one attached hydrogen (secondary N) is 1. The molecule has 0 aromatic carbocycles. The fourth-order valence-electron chi connectivity index (χ4n) is 3.08. The zero-order valence-corrected chi connectivity index (χ0v) is 11.2. The molecule has 3 nitrogen and oxygen atoms in total. The maximum absolute atomic E-state index is 12.2. The molecule has 1 saturated carbocycles. The Bertz CT molecular complexity index is 301. The van der Waals surface area contributed by atoms with Gasteiger partial charge in [0.2, 0.25) is 5.91 Å². The summed E-state index contributed by atoms with van der Waals surface area (Å²) in [6, 6.07) is 0.0683. The molecule has 3 heteroatoms. The fourth-order valence-corrected chi connectivity index (χ4v) is 3.08. The van der Waals surface area contributed by atoms with Crippen molar-refractivity contribution >= 4 is 5.91 Å². The summed E-state index contributed by atoms with van der Waals surface area (Å²) in [5.41, 5.74) is 6.12. The molecule has 0 radical (unpaired) electrons. The number of amides is 1. The van der Waals surface area contributed by atoms with Crippen LogP contribution in [-0.4, -0.2) is 18.5 Å². The monoisotopic (exact) mass is 250 g/mol. The van der Waals surface area contributed by atoms with Crippen molar-refractivity contribution in [2.45, 2.75) is 57.4 Å². The molecule has 3 N–H and O–H groups in total. The number of hydrogen-bond acceptors (Lipinski definition) is 2. The van der Waals surface area contributed by atoms with Crippen LogP contribution < -0.4 is 11.1 Å². The summed E-state index contributed by atoms with van der Waals surface area (Å²) in [7, 11) is 0. The van der Waals surface area contributed by atoms with Gasteiger partial charge in [0.1, 0.15) is 0 Å². The van der Waals surface area contributed by atoms with E-state index in [2.05, 4.69) is 17.5 Å². The highest BCUT2D eigenvalue weighted by Gasteiger charge is 2.27. The van der Waals surface area contributed by atoms with Gasteiger partial charge in [0.05, 0.1) is 5.92 Å². The maximum Gasteiger partial charge on any atom is 0.224 e. The molecular weight excluding hydrogens is 224 g/mol. The van der Waals surface area contributed by atoms with Gasteiger partial charge < -0.3 is 11.1 Å². The first-order valence-electron chi connectivity index (χ1n) is 7.45. The first kappa shape index (κ1) is 13.6. The second-order valence-electron chi connectivity index (χ2n) is 5.80. The van der Waals surface area contributed by atoms with Crippen LogP contribution in [-0.2, 0) is 4.79 Å². The van der Waals surface area contributed by atoms with Crippen LogP contribution in [0.4, 0.5) is 0 Å². The van der Waals surface area contributed by atoms with Crippen LogP contribution in [0.1, 0.15) is 51.4 Å². The van der Waals surface area contributed by atoms with Gasteiger partial charge in [-0.1, -0.05) is 31.4 Å². The van der Waals surface area contributed by atoms with E-state index in [1.54, 1.807) is 0 Å². The van der Waals surface area contributed by atoms with Crippen LogP contribution in [0.25, 0.3) is 0 Å². The lowest BCUT2D eigenvalue weighted by molar-refractivity contribution is -0.126. The minimum absolute atomic E-state index is 0.0478. The predicted molar refractivity (Wildman–Crippen MR) is 74.0 cm³/mol. The van der Waals surface area contributed by atoms with Crippen molar-refractivity contribution in [1.29, 1.82) is 0 Å². The highest BCUT2D eigenvalue weighted by molar-refractivity contribution is 5.79. The molecule has 3 unspecified atom stereocenters. The molecule has 1 fully saturated rings. The topological polar surface area (TPSA) is 55.1 Å². The van der Waals surface area contributed by atoms with Crippen LogP contribution in [0.5, 0.6) is 0 Å². The number of carbonyl (C=O) groups excluding carboxylic acids is 1. The zero-order chi connectivity index (χ0) is 12.8. The predicted octanol–water partition coefficient (Wildman–Crippen LogP) is 2.37. The van der Waals surface area contributed by atoms with Crippen molar-refractivity contribution < 1.29 is 4.79 Å². The molecular formula is C15H26N2O. The van der Waals surface area contributed by atoms with Gasteiger partial charge in [-0.25, -0.2) is 0 Å². The Morgan fingerprint density at radius 2 is 2.00 bits per heavy atom. The van der Waals surface area contributed by atoms with Crippen LogP contribution in [0.15, 0.2) is 12.2 Å². The summed E-state index contributed by atoms with van der Waals surface area (Å²) in [5.74, 6) is 0.867. The zero-order valence-electron chi connectivity index (χ0n) is 11.2. The average Bonchev–Trinajstić information content (AvgIpc) is 2.62. The molecule has 18 heavy (non-hydrogen) atoms. The van der Waals surface area contributed by atoms with Gasteiger partial charge in [-0.2, -0.15) is 0 Å². The Kier molecular flexibility index (Phi) is 5.24. The number of allylic oxidation sites excluding steroid dienone is 2. The normalized spacial score (nSPS) is 32.8. The van der Waals surface area contributed by atoms with Crippen LogP contribution in [0, 0.1) is 11.8 Å². The van der Waals surface area contributed by atoms with E-state index >= 15 is 0 Å². The first-order chi connectivity index (χ1) is 8.77. The Balaban J connectivity index is 1.77. The van der Waals surface area contributed by atoms with Gasteiger partial charge in [0, 0.05) is 12.6 Å². The van der Waals surface area contributed by atoms with Gasteiger partial charge in [0.25, 0.3) is 0 Å². The van der Waals surface area contributed by atoms with E-state index in [-0.39, 0.29) is 17.9 Å². The summed E-state index contributed by atoms with van der Waals surface area (Å²) >= 11 is 0. The molecule has 2 aliphatic carbocycles. The van der Waals surface area contributed by atoms with Crippen LogP contribution in [0.3, 0.4) is 0 Å². The lowest BCUT2D eigenvalue weighted by Crippen LogP contribution is -2.42. The van der Waals surface area contributed by atoms with E-state index < -0.39 is 0 Å². The third-order valence-corrected chi connectivity index (χ3v) is 4.35. The quantitative estimate of drug-likeness (QED) is 0.597. The summed E-state index contributed by atoms with van der Waals surface area (Å²) in [4.78, 5) is 12.2. The molecule has 0 aromatic rings. The minimum Gasteiger partial charge on any atom is -0.356 e. The van der Waals surface area contributed by atoms with E-state index in [4.69, 9.17) is 5.73 Å². The Labute approximate surface area is 110 Å². The molecule has 102 valence electrons. The number of carbonyl (C=O) groups is 1. The molecule has 0 aliphatic heterocycles. The summed E-state index contributed by atoms with van der Waals surface area (Å²) in [6.07, 6.45) is 13.5. The SMILES string of the molecule is NC1CCCCCC1C(=O)NCC1CC=CCC1. The van der Waals surface area contributed by atoms with Crippen LogP contribution >= 0.6 is 0 Å². The van der Waals surface area contributed by atoms with E-state index in [1.807, 2.05) is 0 Å². The van der Waals surface area contributed by atoms with E-state index in [9.17, 15) is 4.79 Å². The highest BCUT2D eigenvalue weighted by atomic mass is 16.1. The number of nitrogens with two attached hydrogens (primary N) is 1. The van der Waals surface area contributed by atoms with Gasteiger partial charge in [0.15, 0.2) is 0 Å². The van der Waals surface area contributed by atoms with Gasteiger partial charge in [-0.05, 0) is 38.0 Å². The molecule has 3 atom stereocenters. The first-order valence-corrected chi connectivity index (χ1v) is 7.45. The van der Waals surface area contributed by atoms with Crippen molar-refractivity contribution in [2.24, 2.45) is 17.6 Å². The molecule has 2 rings (SSSR count). The summed E-state index contributed by atoms with van der Waals surface area (Å²) in [6.45, 7) is 0.826. The third-order valence-electron chi connectivity index (χ3n) is 4.35. The number of rotatable bonds is 3. The van der Waals surface area contributed by atoms with Crippen molar-refractivity contribution in [3.8, 4) is 0 Å². The molecule has 0 bridgehead atoms. The average molecular weight is 250 g/mol. The second kappa shape index (κ2) is 6.93. The smallest absolute Gasteiger partial charge is 0.224 e. The Morgan fingerprint density at radius 3 is 2.78 bits per heavy atom. The molecule has 0 saturated heterocycles. The van der Waals surface area contributed by atoms with E-state index in [0.717, 1.165) is 38.6 Å². The van der Waals surface area contributed by atoms with E-state index in [0.29, 0.717) is 5.92 Å². The minimum atomic E-state index is 0.0478. The third kappa shape index (κ3) is 3.84. The molecule has 0 heterocycles. The van der Waals surface area contributed by atoms with Gasteiger partial charge in [-0.15, -0.1) is 0 Å². The molecule has 0 aromatic heterocycles. The fraction of sp³-hybridized carbons (Fsp3) is 0.800. The lowest BCUT2D eigenvalue weighted by atomic mass is 9.92.